The lowest BCUT2D eigenvalue weighted by Gasteiger charge is -2.28. The molecule has 1 unspecified atom stereocenters. The molecule has 1 atom stereocenters. The highest BCUT2D eigenvalue weighted by Gasteiger charge is 2.23. The van der Waals surface area contributed by atoms with Crippen LogP contribution in [-0.4, -0.2) is 16.9 Å². The van der Waals surface area contributed by atoms with Crippen molar-refractivity contribution in [2.24, 2.45) is 5.92 Å². The van der Waals surface area contributed by atoms with Gasteiger partial charge in [-0.3, -0.25) is 9.59 Å². The summed E-state index contributed by atoms with van der Waals surface area (Å²) >= 11 is 0. The van der Waals surface area contributed by atoms with Crippen LogP contribution in [0.1, 0.15) is 73.5 Å². The lowest BCUT2D eigenvalue weighted by molar-refractivity contribution is 0.0917. The third-order valence-electron chi connectivity index (χ3n) is 5.30. The topological polar surface area (TPSA) is 62.0 Å². The Labute approximate surface area is 131 Å². The van der Waals surface area contributed by atoms with E-state index in [1.807, 2.05) is 6.07 Å². The minimum absolute atomic E-state index is 0.142. The van der Waals surface area contributed by atoms with Crippen molar-refractivity contribution in [3.05, 3.63) is 33.2 Å². The summed E-state index contributed by atoms with van der Waals surface area (Å²) in [6.45, 7) is 2.07. The van der Waals surface area contributed by atoms with Gasteiger partial charge in [-0.25, -0.2) is 0 Å². The molecule has 1 fully saturated rings. The highest BCUT2D eigenvalue weighted by atomic mass is 16.2. The molecular weight excluding hydrogens is 276 g/mol. The van der Waals surface area contributed by atoms with Crippen molar-refractivity contribution in [2.45, 2.75) is 70.8 Å². The molecule has 3 rings (SSSR count). The lowest BCUT2D eigenvalue weighted by atomic mass is 9.84. The Balaban J connectivity index is 1.73. The Kier molecular flexibility index (Phi) is 4.65. The van der Waals surface area contributed by atoms with E-state index in [1.165, 1.54) is 32.1 Å². The van der Waals surface area contributed by atoms with Gasteiger partial charge in [0.25, 0.3) is 11.5 Å². The molecule has 0 saturated heterocycles. The SMILES string of the molecule is CC(NC(=O)c1cc2c([nH]c1=O)CCCC2)C1CCCCC1. The summed E-state index contributed by atoms with van der Waals surface area (Å²) in [7, 11) is 0. The predicted octanol–water partition coefficient (Wildman–Crippen LogP) is 2.95. The molecule has 4 nitrogen and oxygen atoms in total. The molecule has 2 aliphatic rings. The number of H-pyrrole nitrogens is 1. The number of nitrogens with one attached hydrogen (secondary N) is 2. The normalized spacial score (nSPS) is 20.2. The fourth-order valence-electron chi connectivity index (χ4n) is 3.88. The highest BCUT2D eigenvalue weighted by Crippen LogP contribution is 2.26. The van der Waals surface area contributed by atoms with Crippen molar-refractivity contribution in [3.8, 4) is 0 Å². The van der Waals surface area contributed by atoms with Gasteiger partial charge in [-0.2, -0.15) is 0 Å². The fourth-order valence-corrected chi connectivity index (χ4v) is 3.88. The number of hydrogen-bond donors (Lipinski definition) is 2. The van der Waals surface area contributed by atoms with E-state index >= 15 is 0 Å². The second-order valence-electron chi connectivity index (χ2n) is 6.88. The molecule has 2 N–H and O–H groups in total. The number of aryl methyl sites for hydroxylation is 2. The van der Waals surface area contributed by atoms with Crippen molar-refractivity contribution in [2.75, 3.05) is 0 Å². The summed E-state index contributed by atoms with van der Waals surface area (Å²) in [4.78, 5) is 27.6. The van der Waals surface area contributed by atoms with E-state index in [-0.39, 0.29) is 23.1 Å². The number of aromatic amines is 1. The van der Waals surface area contributed by atoms with Gasteiger partial charge in [-0.1, -0.05) is 19.3 Å². The maximum absolute atomic E-state index is 12.5. The van der Waals surface area contributed by atoms with Gasteiger partial charge in [0, 0.05) is 11.7 Å². The quantitative estimate of drug-likeness (QED) is 0.901. The average molecular weight is 302 g/mol. The summed E-state index contributed by atoms with van der Waals surface area (Å²) in [6.07, 6.45) is 10.3. The zero-order valence-corrected chi connectivity index (χ0v) is 13.4. The summed E-state index contributed by atoms with van der Waals surface area (Å²) < 4.78 is 0. The van der Waals surface area contributed by atoms with Crippen LogP contribution in [0.4, 0.5) is 0 Å². The van der Waals surface area contributed by atoms with Gasteiger partial charge in [0.05, 0.1) is 0 Å². The summed E-state index contributed by atoms with van der Waals surface area (Å²) in [6, 6.07) is 1.96. The van der Waals surface area contributed by atoms with Gasteiger partial charge in [0.2, 0.25) is 0 Å². The fraction of sp³-hybridized carbons (Fsp3) is 0.667. The monoisotopic (exact) mass is 302 g/mol. The van der Waals surface area contributed by atoms with E-state index < -0.39 is 0 Å². The van der Waals surface area contributed by atoms with Crippen molar-refractivity contribution < 1.29 is 4.79 Å². The van der Waals surface area contributed by atoms with Gasteiger partial charge in [-0.15, -0.1) is 0 Å². The standard InChI is InChI=1S/C18H26N2O2/c1-12(13-7-3-2-4-8-13)19-17(21)15-11-14-9-5-6-10-16(14)20-18(15)22/h11-13H,2-10H2,1H3,(H,19,21)(H,20,22). The van der Waals surface area contributed by atoms with Crippen LogP contribution in [0.5, 0.6) is 0 Å². The second-order valence-corrected chi connectivity index (χ2v) is 6.88. The first-order chi connectivity index (χ1) is 10.6. The van der Waals surface area contributed by atoms with E-state index in [0.29, 0.717) is 5.92 Å². The molecule has 1 saturated carbocycles. The minimum Gasteiger partial charge on any atom is -0.349 e. The number of amides is 1. The second kappa shape index (κ2) is 6.67. The van der Waals surface area contributed by atoms with Gasteiger partial charge in [0.1, 0.15) is 5.56 Å². The third-order valence-corrected chi connectivity index (χ3v) is 5.30. The third kappa shape index (κ3) is 3.26. The van der Waals surface area contributed by atoms with Crippen molar-refractivity contribution >= 4 is 5.91 Å². The lowest BCUT2D eigenvalue weighted by Crippen LogP contribution is -2.41. The van der Waals surface area contributed by atoms with Gasteiger partial charge in [-0.05, 0) is 63.0 Å². The Bertz CT molecular complexity index is 600. The summed E-state index contributed by atoms with van der Waals surface area (Å²) in [5.74, 6) is 0.335. The molecule has 0 spiro atoms. The first-order valence-electron chi connectivity index (χ1n) is 8.71. The summed E-state index contributed by atoms with van der Waals surface area (Å²) in [5, 5.41) is 3.05. The average Bonchev–Trinajstić information content (AvgIpc) is 2.54. The minimum atomic E-state index is -0.242. The van der Waals surface area contributed by atoms with Crippen LogP contribution in [0.3, 0.4) is 0 Å². The molecule has 0 aliphatic heterocycles. The maximum Gasteiger partial charge on any atom is 0.261 e. The highest BCUT2D eigenvalue weighted by molar-refractivity contribution is 5.94. The molecule has 0 radical (unpaired) electrons. The molecule has 2 aliphatic carbocycles. The van der Waals surface area contributed by atoms with Gasteiger partial charge in [0.15, 0.2) is 0 Å². The van der Waals surface area contributed by atoms with Crippen LogP contribution in [0.2, 0.25) is 0 Å². The van der Waals surface area contributed by atoms with Crippen LogP contribution >= 0.6 is 0 Å². The first kappa shape index (κ1) is 15.3. The molecule has 1 aromatic heterocycles. The van der Waals surface area contributed by atoms with E-state index in [1.54, 1.807) is 0 Å². The number of carbonyl (C=O) groups is 1. The van der Waals surface area contributed by atoms with E-state index in [9.17, 15) is 9.59 Å². The smallest absolute Gasteiger partial charge is 0.261 e. The molecule has 0 aromatic carbocycles. The summed E-state index contributed by atoms with van der Waals surface area (Å²) in [5.41, 5.74) is 2.20. The van der Waals surface area contributed by atoms with Gasteiger partial charge >= 0.3 is 0 Å². The number of fused-ring (bicyclic) bond motifs is 1. The maximum atomic E-state index is 12.5. The van der Waals surface area contributed by atoms with Crippen LogP contribution in [0, 0.1) is 5.92 Å². The Morgan fingerprint density at radius 1 is 1.18 bits per heavy atom. The number of rotatable bonds is 3. The molecular formula is C18H26N2O2. The largest absolute Gasteiger partial charge is 0.349 e. The Morgan fingerprint density at radius 3 is 2.68 bits per heavy atom. The van der Waals surface area contributed by atoms with Gasteiger partial charge < -0.3 is 10.3 Å². The molecule has 1 aromatic rings. The van der Waals surface area contributed by atoms with Crippen LogP contribution in [-0.2, 0) is 12.8 Å². The molecule has 1 heterocycles. The van der Waals surface area contributed by atoms with E-state index in [4.69, 9.17) is 0 Å². The van der Waals surface area contributed by atoms with Crippen LogP contribution in [0.15, 0.2) is 10.9 Å². The van der Waals surface area contributed by atoms with Crippen LogP contribution in [0.25, 0.3) is 0 Å². The molecule has 120 valence electrons. The van der Waals surface area contributed by atoms with E-state index in [0.717, 1.165) is 36.9 Å². The molecule has 22 heavy (non-hydrogen) atoms. The molecule has 4 heteroatoms. The molecule has 0 bridgehead atoms. The Morgan fingerprint density at radius 2 is 1.91 bits per heavy atom. The molecule has 1 amide bonds. The number of aromatic nitrogens is 1. The number of hydrogen-bond acceptors (Lipinski definition) is 2. The van der Waals surface area contributed by atoms with Crippen molar-refractivity contribution in [3.63, 3.8) is 0 Å². The zero-order valence-electron chi connectivity index (χ0n) is 13.4. The first-order valence-corrected chi connectivity index (χ1v) is 8.71. The number of pyridine rings is 1. The van der Waals surface area contributed by atoms with Crippen LogP contribution < -0.4 is 10.9 Å². The van der Waals surface area contributed by atoms with Crippen molar-refractivity contribution in [1.82, 2.24) is 10.3 Å². The van der Waals surface area contributed by atoms with E-state index in [2.05, 4.69) is 17.2 Å². The number of carbonyl (C=O) groups excluding carboxylic acids is 1. The zero-order chi connectivity index (χ0) is 15.5. The Hall–Kier alpha value is -1.58. The predicted molar refractivity (Wildman–Crippen MR) is 87.2 cm³/mol. The van der Waals surface area contributed by atoms with Crippen molar-refractivity contribution in [1.29, 1.82) is 0 Å².